The number of alkyl halides is 3. The van der Waals surface area contributed by atoms with Crippen LogP contribution in [0.4, 0.5) is 19.1 Å². The Morgan fingerprint density at radius 1 is 1.28 bits per heavy atom. The molecule has 0 saturated carbocycles. The number of nitrogens with zero attached hydrogens (tertiary/aromatic N) is 4. The normalized spacial score (nSPS) is 12.5. The molecule has 0 atom stereocenters. The largest absolute Gasteiger partial charge is 0.453 e. The summed E-state index contributed by atoms with van der Waals surface area (Å²) in [5.41, 5.74) is 0.260. The summed E-state index contributed by atoms with van der Waals surface area (Å²) in [4.78, 5) is 4.49. The Morgan fingerprint density at radius 3 is 2.32 bits per heavy atom. The fraction of sp³-hybridized carbons (Fsp3) is 0.385. The van der Waals surface area contributed by atoms with E-state index in [1.807, 2.05) is 0 Å². The Balaban J connectivity index is 2.80. The van der Waals surface area contributed by atoms with Crippen LogP contribution >= 0.6 is 22.3 Å². The van der Waals surface area contributed by atoms with Crippen LogP contribution in [0.15, 0.2) is 17.0 Å². The van der Waals surface area contributed by atoms with Crippen molar-refractivity contribution in [3.8, 4) is 5.69 Å². The average Bonchev–Trinajstić information content (AvgIpc) is 2.90. The molecule has 0 fully saturated rings. The molecule has 6 nitrogen and oxygen atoms in total. The summed E-state index contributed by atoms with van der Waals surface area (Å²) in [6, 6.07) is 2.42. The second-order valence-corrected chi connectivity index (χ2v) is 8.18. The predicted molar refractivity (Wildman–Crippen MR) is 88.1 cm³/mol. The van der Waals surface area contributed by atoms with Gasteiger partial charge in [0, 0.05) is 24.8 Å². The van der Waals surface area contributed by atoms with E-state index in [1.165, 1.54) is 25.1 Å². The highest BCUT2D eigenvalue weighted by Crippen LogP contribution is 2.34. The number of halogens is 5. The molecule has 0 aliphatic rings. The molecular weight excluding hydrogens is 404 g/mol. The van der Waals surface area contributed by atoms with Crippen LogP contribution in [-0.2, 0) is 21.6 Å². The molecule has 2 aromatic rings. The maximum absolute atomic E-state index is 12.9. The topological polar surface area (TPSA) is 68.1 Å². The quantitative estimate of drug-likeness (QED) is 0.713. The van der Waals surface area contributed by atoms with E-state index in [9.17, 15) is 21.6 Å². The predicted octanol–water partition coefficient (Wildman–Crippen LogP) is 3.50. The Hall–Kier alpha value is -1.52. The molecule has 25 heavy (non-hydrogen) atoms. The minimum atomic E-state index is -4.77. The molecule has 0 aliphatic carbocycles. The van der Waals surface area contributed by atoms with E-state index in [2.05, 4.69) is 10.1 Å². The first kappa shape index (κ1) is 19.8. The number of anilines is 1. The van der Waals surface area contributed by atoms with E-state index < -0.39 is 21.1 Å². The summed E-state index contributed by atoms with van der Waals surface area (Å²) >= 11 is 6.14. The van der Waals surface area contributed by atoms with Gasteiger partial charge in [0.2, 0.25) is 5.95 Å². The van der Waals surface area contributed by atoms with Crippen molar-refractivity contribution in [2.24, 2.45) is 0 Å². The van der Waals surface area contributed by atoms with Crippen molar-refractivity contribution < 1.29 is 21.6 Å². The first-order valence-electron chi connectivity index (χ1n) is 6.85. The van der Waals surface area contributed by atoms with E-state index >= 15 is 0 Å². The lowest BCUT2D eigenvalue weighted by molar-refractivity contribution is -0.144. The van der Waals surface area contributed by atoms with E-state index in [0.717, 1.165) is 10.7 Å². The van der Waals surface area contributed by atoms with Crippen LogP contribution in [-0.4, -0.2) is 37.3 Å². The first-order valence-corrected chi connectivity index (χ1v) is 9.54. The van der Waals surface area contributed by atoms with Crippen molar-refractivity contribution in [1.82, 2.24) is 14.8 Å². The summed E-state index contributed by atoms with van der Waals surface area (Å²) < 4.78 is 63.2. The van der Waals surface area contributed by atoms with E-state index in [-0.39, 0.29) is 21.6 Å². The summed E-state index contributed by atoms with van der Waals surface area (Å²) in [6.45, 7) is 1.69. The molecule has 0 bridgehead atoms. The van der Waals surface area contributed by atoms with Gasteiger partial charge in [-0.1, -0.05) is 18.5 Å². The van der Waals surface area contributed by atoms with Crippen molar-refractivity contribution in [2.45, 2.75) is 24.4 Å². The van der Waals surface area contributed by atoms with Gasteiger partial charge in [-0.15, -0.1) is 5.10 Å². The van der Waals surface area contributed by atoms with Crippen LogP contribution in [0.5, 0.6) is 0 Å². The molecular formula is C13H13Cl2F3N4O2S. The lowest BCUT2D eigenvalue weighted by Crippen LogP contribution is -2.16. The molecule has 12 heteroatoms. The third-order valence-electron chi connectivity index (χ3n) is 3.25. The smallest absolute Gasteiger partial charge is 0.347 e. The maximum atomic E-state index is 12.9. The fourth-order valence-electron chi connectivity index (χ4n) is 2.12. The van der Waals surface area contributed by atoms with Crippen molar-refractivity contribution in [3.63, 3.8) is 0 Å². The van der Waals surface area contributed by atoms with E-state index in [0.29, 0.717) is 12.0 Å². The van der Waals surface area contributed by atoms with Crippen LogP contribution in [0.25, 0.3) is 5.69 Å². The minimum Gasteiger partial charge on any atom is -0.347 e. The Morgan fingerprint density at radius 2 is 1.88 bits per heavy atom. The lowest BCUT2D eigenvalue weighted by atomic mass is 10.1. The number of benzene rings is 1. The Bertz CT molecular complexity index is 911. The second kappa shape index (κ2) is 6.65. The zero-order valence-corrected chi connectivity index (χ0v) is 15.6. The third-order valence-corrected chi connectivity index (χ3v) is 4.95. The van der Waals surface area contributed by atoms with Gasteiger partial charge < -0.3 is 4.90 Å². The lowest BCUT2D eigenvalue weighted by Gasteiger charge is -2.15. The molecule has 0 amide bonds. The van der Waals surface area contributed by atoms with Crippen LogP contribution in [0, 0.1) is 0 Å². The highest BCUT2D eigenvalue weighted by molar-refractivity contribution is 8.13. The van der Waals surface area contributed by atoms with Crippen molar-refractivity contribution >= 4 is 37.3 Å². The SMILES string of the molecule is CCc1cc(Cl)c(-n2nc(C(F)(F)F)nc2N(C)C)cc1S(=O)(=O)Cl. The van der Waals surface area contributed by atoms with Gasteiger partial charge in [0.25, 0.3) is 14.9 Å². The van der Waals surface area contributed by atoms with Crippen molar-refractivity contribution in [3.05, 3.63) is 28.5 Å². The Kier molecular flexibility index (Phi) is 5.27. The van der Waals surface area contributed by atoms with Crippen molar-refractivity contribution in [2.75, 3.05) is 19.0 Å². The van der Waals surface area contributed by atoms with Gasteiger partial charge in [-0.05, 0) is 24.1 Å². The zero-order chi connectivity index (χ0) is 19.2. The van der Waals surface area contributed by atoms with Gasteiger partial charge in [0.05, 0.1) is 15.6 Å². The molecule has 1 heterocycles. The highest BCUT2D eigenvalue weighted by atomic mass is 35.7. The molecule has 0 radical (unpaired) electrons. The fourth-order valence-corrected chi connectivity index (χ4v) is 3.59. The molecule has 2 rings (SSSR count). The summed E-state index contributed by atoms with van der Waals surface area (Å²) in [5.74, 6) is -1.54. The van der Waals surface area contributed by atoms with Crippen LogP contribution in [0.2, 0.25) is 5.02 Å². The number of rotatable bonds is 4. The summed E-state index contributed by atoms with van der Waals surface area (Å²) in [6.07, 6.45) is -4.46. The molecule has 138 valence electrons. The van der Waals surface area contributed by atoms with Crippen LogP contribution < -0.4 is 4.90 Å². The number of hydrogen-bond acceptors (Lipinski definition) is 5. The van der Waals surface area contributed by atoms with Gasteiger partial charge in [0.1, 0.15) is 0 Å². The van der Waals surface area contributed by atoms with Crippen LogP contribution in [0.3, 0.4) is 0 Å². The van der Waals surface area contributed by atoms with Crippen molar-refractivity contribution in [1.29, 1.82) is 0 Å². The van der Waals surface area contributed by atoms with Gasteiger partial charge >= 0.3 is 6.18 Å². The highest BCUT2D eigenvalue weighted by Gasteiger charge is 2.38. The van der Waals surface area contributed by atoms with Gasteiger partial charge in [-0.3, -0.25) is 0 Å². The molecule has 0 spiro atoms. The zero-order valence-electron chi connectivity index (χ0n) is 13.3. The second-order valence-electron chi connectivity index (χ2n) is 5.24. The molecule has 0 N–H and O–H groups in total. The molecule has 0 unspecified atom stereocenters. The monoisotopic (exact) mass is 416 g/mol. The molecule has 1 aromatic heterocycles. The van der Waals surface area contributed by atoms with Gasteiger partial charge in [-0.25, -0.2) is 8.42 Å². The standard InChI is InChI=1S/C13H13Cl2F3N4O2S/c1-4-7-5-8(14)9(6-10(7)25(15,23)24)22-12(21(2)3)19-11(20-22)13(16,17)18/h5-6H,4H2,1-3H3. The number of aryl methyl sites for hydroxylation is 1. The Labute approximate surface area is 151 Å². The summed E-state index contributed by atoms with van der Waals surface area (Å²) in [7, 11) is 4.23. The number of aromatic nitrogens is 3. The third kappa shape index (κ3) is 4.01. The van der Waals surface area contributed by atoms with E-state index in [4.69, 9.17) is 22.3 Å². The molecule has 0 saturated heterocycles. The number of hydrogen-bond donors (Lipinski definition) is 0. The van der Waals surface area contributed by atoms with Gasteiger partial charge in [-0.2, -0.15) is 22.8 Å². The summed E-state index contributed by atoms with van der Waals surface area (Å²) in [5, 5.41) is 3.45. The maximum Gasteiger partial charge on any atom is 0.453 e. The van der Waals surface area contributed by atoms with Gasteiger partial charge in [0.15, 0.2) is 0 Å². The van der Waals surface area contributed by atoms with Crippen LogP contribution in [0.1, 0.15) is 18.3 Å². The first-order chi connectivity index (χ1) is 11.4. The molecule has 1 aromatic carbocycles. The molecule has 0 aliphatic heterocycles. The van der Waals surface area contributed by atoms with E-state index in [1.54, 1.807) is 6.92 Å². The minimum absolute atomic E-state index is 0.0163. The average molecular weight is 417 g/mol.